The van der Waals surface area contributed by atoms with Crippen LogP contribution in [0.15, 0.2) is 18.3 Å². The van der Waals surface area contributed by atoms with Crippen LogP contribution in [0, 0.1) is 0 Å². The van der Waals surface area contributed by atoms with E-state index in [0.717, 1.165) is 24.2 Å². The number of halogens is 2. The van der Waals surface area contributed by atoms with Gasteiger partial charge in [0.15, 0.2) is 0 Å². The Morgan fingerprint density at radius 3 is 3.06 bits per heavy atom. The number of anilines is 1. The Kier molecular flexibility index (Phi) is 3.95. The van der Waals surface area contributed by atoms with E-state index < -0.39 is 0 Å². The summed E-state index contributed by atoms with van der Waals surface area (Å²) in [6.45, 7) is 5.79. The molecule has 0 radical (unpaired) electrons. The molecule has 1 saturated heterocycles. The molecule has 5 heteroatoms. The van der Waals surface area contributed by atoms with E-state index in [0.29, 0.717) is 5.02 Å². The highest BCUT2D eigenvalue weighted by Gasteiger charge is 2.34. The normalized spacial score (nSPS) is 23.8. The highest BCUT2D eigenvalue weighted by atomic mass is 79.9. The van der Waals surface area contributed by atoms with Crippen LogP contribution in [0.4, 0.5) is 5.82 Å². The van der Waals surface area contributed by atoms with E-state index in [1.807, 2.05) is 12.1 Å². The van der Waals surface area contributed by atoms with E-state index >= 15 is 0 Å². The lowest BCUT2D eigenvalue weighted by Gasteiger charge is -2.43. The number of pyridine rings is 1. The molecule has 0 N–H and O–H groups in total. The van der Waals surface area contributed by atoms with Gasteiger partial charge in [-0.2, -0.15) is 0 Å². The average molecular weight is 320 g/mol. The lowest BCUT2D eigenvalue weighted by atomic mass is 10.1. The van der Waals surface area contributed by atoms with Gasteiger partial charge in [-0.1, -0.05) is 27.5 Å². The van der Waals surface area contributed by atoms with Crippen LogP contribution >= 0.6 is 27.5 Å². The first-order chi connectivity index (χ1) is 8.02. The molecule has 0 aromatic carbocycles. The highest BCUT2D eigenvalue weighted by Crippen LogP contribution is 2.29. The minimum atomic E-state index is -0.183. The van der Waals surface area contributed by atoms with Gasteiger partial charge in [-0.05, 0) is 26.0 Å². The molecular weight excluding hydrogens is 304 g/mol. The van der Waals surface area contributed by atoms with Crippen molar-refractivity contribution in [2.45, 2.75) is 25.6 Å². The second-order valence-electron chi connectivity index (χ2n) is 4.84. The molecule has 1 aromatic heterocycles. The van der Waals surface area contributed by atoms with Crippen LogP contribution in [0.3, 0.4) is 0 Å². The summed E-state index contributed by atoms with van der Waals surface area (Å²) in [6, 6.07) is 3.72. The van der Waals surface area contributed by atoms with E-state index in [2.05, 4.69) is 39.7 Å². The Bertz CT molecular complexity index is 400. The van der Waals surface area contributed by atoms with Crippen LogP contribution in [0.2, 0.25) is 5.02 Å². The van der Waals surface area contributed by atoms with Gasteiger partial charge in [-0.3, -0.25) is 0 Å². The minimum absolute atomic E-state index is 0.164. The molecule has 1 aromatic rings. The summed E-state index contributed by atoms with van der Waals surface area (Å²) >= 11 is 9.66. The fraction of sp³-hybridized carbons (Fsp3) is 0.583. The maximum absolute atomic E-state index is 6.18. The third kappa shape index (κ3) is 3.12. The van der Waals surface area contributed by atoms with Crippen LogP contribution in [-0.4, -0.2) is 35.1 Å². The first kappa shape index (κ1) is 13.1. The summed E-state index contributed by atoms with van der Waals surface area (Å²) in [7, 11) is 0. The van der Waals surface area contributed by atoms with Crippen molar-refractivity contribution in [3.8, 4) is 0 Å². The molecule has 1 unspecified atom stereocenters. The first-order valence-electron chi connectivity index (χ1n) is 5.61. The van der Waals surface area contributed by atoms with E-state index in [4.69, 9.17) is 16.3 Å². The second kappa shape index (κ2) is 5.12. The van der Waals surface area contributed by atoms with Gasteiger partial charge in [0.25, 0.3) is 0 Å². The molecule has 0 aliphatic carbocycles. The maximum atomic E-state index is 6.18. The predicted molar refractivity (Wildman–Crippen MR) is 74.2 cm³/mol. The average Bonchev–Trinajstić information content (AvgIpc) is 2.27. The quantitative estimate of drug-likeness (QED) is 0.783. The Morgan fingerprint density at radius 1 is 1.65 bits per heavy atom. The van der Waals surface area contributed by atoms with Crippen LogP contribution in [-0.2, 0) is 4.74 Å². The zero-order valence-corrected chi connectivity index (χ0v) is 12.3. The Morgan fingerprint density at radius 2 is 2.41 bits per heavy atom. The van der Waals surface area contributed by atoms with Gasteiger partial charge in [0.2, 0.25) is 0 Å². The fourth-order valence-electron chi connectivity index (χ4n) is 2.15. The van der Waals surface area contributed by atoms with Crippen LogP contribution < -0.4 is 4.90 Å². The van der Waals surface area contributed by atoms with Gasteiger partial charge in [0.1, 0.15) is 5.82 Å². The largest absolute Gasteiger partial charge is 0.368 e. The predicted octanol–water partition coefficient (Wildman–Crippen LogP) is 3.11. The van der Waals surface area contributed by atoms with E-state index in [1.165, 1.54) is 0 Å². The van der Waals surface area contributed by atoms with Crippen molar-refractivity contribution in [2.75, 3.05) is 23.3 Å². The van der Waals surface area contributed by atoms with Gasteiger partial charge in [0.05, 0.1) is 16.7 Å². The first-order valence-corrected chi connectivity index (χ1v) is 7.11. The molecule has 2 rings (SSSR count). The lowest BCUT2D eigenvalue weighted by molar-refractivity contribution is -0.0725. The van der Waals surface area contributed by atoms with Gasteiger partial charge in [0, 0.05) is 24.6 Å². The molecule has 3 nitrogen and oxygen atoms in total. The van der Waals surface area contributed by atoms with Crippen molar-refractivity contribution in [1.82, 2.24) is 4.98 Å². The molecule has 0 bridgehead atoms. The van der Waals surface area contributed by atoms with Crippen LogP contribution in [0.25, 0.3) is 0 Å². The second-order valence-corrected chi connectivity index (χ2v) is 5.90. The number of hydrogen-bond acceptors (Lipinski definition) is 3. The van der Waals surface area contributed by atoms with Crippen molar-refractivity contribution in [1.29, 1.82) is 0 Å². The molecule has 0 saturated carbocycles. The standard InChI is InChI=1S/C12H16BrClN2O/c1-12(2)8-16(7-9(6-13)17-12)11-10(14)4-3-5-15-11/h3-5,9H,6-8H2,1-2H3. The molecule has 1 atom stereocenters. The summed E-state index contributed by atoms with van der Waals surface area (Å²) in [5, 5.41) is 1.51. The van der Waals surface area contributed by atoms with E-state index in [1.54, 1.807) is 6.20 Å². The molecule has 17 heavy (non-hydrogen) atoms. The highest BCUT2D eigenvalue weighted by molar-refractivity contribution is 9.09. The topological polar surface area (TPSA) is 25.4 Å². The van der Waals surface area contributed by atoms with Gasteiger partial charge in [-0.15, -0.1) is 0 Å². The van der Waals surface area contributed by atoms with E-state index in [-0.39, 0.29) is 11.7 Å². The molecule has 1 aliphatic heterocycles. The Balaban J connectivity index is 2.24. The van der Waals surface area contributed by atoms with Crippen molar-refractivity contribution in [3.05, 3.63) is 23.4 Å². The number of ether oxygens (including phenoxy) is 1. The van der Waals surface area contributed by atoms with Crippen LogP contribution in [0.1, 0.15) is 13.8 Å². The molecular formula is C12H16BrClN2O. The van der Waals surface area contributed by atoms with Crippen LogP contribution in [0.5, 0.6) is 0 Å². The molecule has 2 heterocycles. The summed E-state index contributed by atoms with van der Waals surface area (Å²) in [5.41, 5.74) is -0.183. The number of rotatable bonds is 2. The molecule has 0 spiro atoms. The third-order valence-corrected chi connectivity index (χ3v) is 3.71. The summed E-state index contributed by atoms with van der Waals surface area (Å²) in [4.78, 5) is 6.55. The number of nitrogens with zero attached hydrogens (tertiary/aromatic N) is 2. The molecule has 94 valence electrons. The fourth-order valence-corrected chi connectivity index (χ4v) is 2.73. The Hall–Kier alpha value is -0.320. The number of hydrogen-bond donors (Lipinski definition) is 0. The molecule has 0 amide bonds. The zero-order chi connectivity index (χ0) is 12.5. The van der Waals surface area contributed by atoms with Crippen molar-refractivity contribution < 1.29 is 4.74 Å². The van der Waals surface area contributed by atoms with Crippen molar-refractivity contribution in [2.24, 2.45) is 0 Å². The van der Waals surface area contributed by atoms with E-state index in [9.17, 15) is 0 Å². The Labute approximate surface area is 115 Å². The molecule has 1 fully saturated rings. The SMILES string of the molecule is CC1(C)CN(c2ncccc2Cl)CC(CBr)O1. The number of morpholine rings is 1. The monoisotopic (exact) mass is 318 g/mol. The third-order valence-electron chi connectivity index (χ3n) is 2.69. The van der Waals surface area contributed by atoms with Crippen molar-refractivity contribution in [3.63, 3.8) is 0 Å². The van der Waals surface area contributed by atoms with Gasteiger partial charge < -0.3 is 9.64 Å². The zero-order valence-electron chi connectivity index (χ0n) is 9.99. The molecule has 1 aliphatic rings. The lowest BCUT2D eigenvalue weighted by Crippen LogP contribution is -2.53. The van der Waals surface area contributed by atoms with Crippen molar-refractivity contribution >= 4 is 33.3 Å². The summed E-state index contributed by atoms with van der Waals surface area (Å²) < 4.78 is 5.96. The van der Waals surface area contributed by atoms with Gasteiger partial charge in [-0.25, -0.2) is 4.98 Å². The van der Waals surface area contributed by atoms with Gasteiger partial charge >= 0.3 is 0 Å². The number of aromatic nitrogens is 1. The number of alkyl halides is 1. The smallest absolute Gasteiger partial charge is 0.147 e. The maximum Gasteiger partial charge on any atom is 0.147 e. The summed E-state index contributed by atoms with van der Waals surface area (Å²) in [5.74, 6) is 0.844. The minimum Gasteiger partial charge on any atom is -0.368 e. The summed E-state index contributed by atoms with van der Waals surface area (Å²) in [6.07, 6.45) is 1.93.